The number of para-hydroxylation sites is 2. The number of amides is 1. The molecule has 2 aliphatic carbocycles. The van der Waals surface area contributed by atoms with Crippen molar-refractivity contribution in [2.45, 2.75) is 56.9 Å². The van der Waals surface area contributed by atoms with E-state index in [9.17, 15) is 9.59 Å². The average Bonchev–Trinajstić information content (AvgIpc) is 3.40. The van der Waals surface area contributed by atoms with Crippen LogP contribution in [0.15, 0.2) is 82.6 Å². The van der Waals surface area contributed by atoms with E-state index in [0.717, 1.165) is 54.1 Å². The molecule has 1 N–H and O–H groups in total. The van der Waals surface area contributed by atoms with Crippen molar-refractivity contribution < 1.29 is 14.0 Å². The van der Waals surface area contributed by atoms with Crippen molar-refractivity contribution in [2.75, 3.05) is 10.2 Å². The highest BCUT2D eigenvalue weighted by molar-refractivity contribution is 6.30. The second kappa shape index (κ2) is 9.62. The quantitative estimate of drug-likeness (QED) is 0.406. The van der Waals surface area contributed by atoms with Gasteiger partial charge in [0, 0.05) is 34.5 Å². The van der Waals surface area contributed by atoms with Crippen LogP contribution in [0.2, 0.25) is 5.02 Å². The minimum atomic E-state index is -0.520. The molecule has 1 amide bonds. The van der Waals surface area contributed by atoms with Crippen LogP contribution in [0.5, 0.6) is 0 Å². The number of hydrogen-bond donors (Lipinski definition) is 1. The number of carbonyl (C=O) groups excluding carboxylic acids is 2. The SMILES string of the molecule is O=C1C[C@@H](c2ccco2)CC2=C1[C@H](c1ccc(Cl)cc1)N(C(=O)C1CCCCC1)c1ccccc1N2. The van der Waals surface area contributed by atoms with Gasteiger partial charge in [0.05, 0.1) is 23.7 Å². The summed E-state index contributed by atoms with van der Waals surface area (Å²) < 4.78 is 5.68. The normalized spacial score (nSPS) is 22.5. The summed E-state index contributed by atoms with van der Waals surface area (Å²) in [6.07, 6.45) is 7.71. The molecule has 0 radical (unpaired) electrons. The number of fused-ring (bicyclic) bond motifs is 1. The Balaban J connectivity index is 1.53. The van der Waals surface area contributed by atoms with E-state index < -0.39 is 6.04 Å². The number of benzene rings is 2. The summed E-state index contributed by atoms with van der Waals surface area (Å²) in [5.41, 5.74) is 4.07. The predicted molar refractivity (Wildman–Crippen MR) is 141 cm³/mol. The Morgan fingerprint density at radius 2 is 1.72 bits per heavy atom. The predicted octanol–water partition coefficient (Wildman–Crippen LogP) is 7.41. The van der Waals surface area contributed by atoms with Crippen LogP contribution in [0.1, 0.15) is 68.2 Å². The maximum atomic E-state index is 14.3. The third kappa shape index (κ3) is 4.16. The van der Waals surface area contributed by atoms with Crippen LogP contribution in [0.3, 0.4) is 0 Å². The highest BCUT2D eigenvalue weighted by atomic mass is 35.5. The van der Waals surface area contributed by atoms with E-state index in [4.69, 9.17) is 16.0 Å². The first-order valence-corrected chi connectivity index (χ1v) is 13.2. The molecule has 0 unspecified atom stereocenters. The third-order valence-electron chi connectivity index (χ3n) is 7.81. The number of nitrogens with one attached hydrogen (secondary N) is 1. The minimum Gasteiger partial charge on any atom is -0.469 e. The van der Waals surface area contributed by atoms with E-state index in [1.165, 1.54) is 6.42 Å². The summed E-state index contributed by atoms with van der Waals surface area (Å²) in [5.74, 6) is 0.862. The van der Waals surface area contributed by atoms with E-state index in [-0.39, 0.29) is 23.5 Å². The fraction of sp³-hybridized carbons (Fsp3) is 0.333. The van der Waals surface area contributed by atoms with Gasteiger partial charge >= 0.3 is 0 Å². The van der Waals surface area contributed by atoms with E-state index in [1.807, 2.05) is 65.6 Å². The Labute approximate surface area is 216 Å². The van der Waals surface area contributed by atoms with Gasteiger partial charge in [0.25, 0.3) is 0 Å². The Hall–Kier alpha value is -3.31. The second-order valence-corrected chi connectivity index (χ2v) is 10.5. The fourth-order valence-electron chi connectivity index (χ4n) is 6.06. The molecule has 2 aromatic carbocycles. The summed E-state index contributed by atoms with van der Waals surface area (Å²) >= 11 is 6.24. The van der Waals surface area contributed by atoms with Crippen LogP contribution in [-0.2, 0) is 9.59 Å². The van der Waals surface area contributed by atoms with E-state index >= 15 is 0 Å². The largest absolute Gasteiger partial charge is 0.469 e. The van der Waals surface area contributed by atoms with E-state index in [1.54, 1.807) is 6.26 Å². The molecule has 36 heavy (non-hydrogen) atoms. The van der Waals surface area contributed by atoms with Crippen molar-refractivity contribution in [1.29, 1.82) is 0 Å². The van der Waals surface area contributed by atoms with Gasteiger partial charge in [-0.1, -0.05) is 55.1 Å². The second-order valence-electron chi connectivity index (χ2n) is 10.1. The van der Waals surface area contributed by atoms with Crippen LogP contribution >= 0.6 is 11.6 Å². The fourth-order valence-corrected chi connectivity index (χ4v) is 6.19. The number of ketones is 1. The lowest BCUT2D eigenvalue weighted by atomic mass is 9.79. The number of halogens is 1. The molecule has 6 rings (SSSR count). The summed E-state index contributed by atoms with van der Waals surface area (Å²) in [4.78, 5) is 30.1. The number of anilines is 2. The lowest BCUT2D eigenvalue weighted by Gasteiger charge is -2.37. The van der Waals surface area contributed by atoms with Gasteiger partial charge in [-0.3, -0.25) is 14.5 Å². The van der Waals surface area contributed by atoms with Crippen LogP contribution in [0, 0.1) is 5.92 Å². The molecule has 184 valence electrons. The van der Waals surface area contributed by atoms with Crippen molar-refractivity contribution in [2.24, 2.45) is 5.92 Å². The number of rotatable bonds is 3. The van der Waals surface area contributed by atoms with Gasteiger partial charge in [-0.05, 0) is 61.2 Å². The summed E-state index contributed by atoms with van der Waals surface area (Å²) in [6, 6.07) is 18.7. The molecule has 6 heteroatoms. The number of allylic oxidation sites excluding steroid dienone is 1. The number of hydrogen-bond acceptors (Lipinski definition) is 4. The van der Waals surface area contributed by atoms with Crippen molar-refractivity contribution in [3.63, 3.8) is 0 Å². The van der Waals surface area contributed by atoms with Crippen LogP contribution < -0.4 is 10.2 Å². The number of nitrogens with zero attached hydrogens (tertiary/aromatic N) is 1. The molecule has 0 spiro atoms. The standard InChI is InChI=1S/C30H29ClN2O3/c31-22-14-12-19(13-15-22)29-28-24(17-21(18-26(28)34)27-11-6-16-36-27)32-23-9-4-5-10-25(23)33(29)30(35)20-7-2-1-3-8-20/h4-6,9-16,20-21,29,32H,1-3,7-8,17-18H2/t21-,29-/m0/s1. The molecular formula is C30H29ClN2O3. The van der Waals surface area contributed by atoms with Gasteiger partial charge in [0.1, 0.15) is 5.76 Å². The monoisotopic (exact) mass is 500 g/mol. The van der Waals surface area contributed by atoms with E-state index in [2.05, 4.69) is 5.32 Å². The molecule has 2 heterocycles. The van der Waals surface area contributed by atoms with Gasteiger partial charge in [0.2, 0.25) is 5.91 Å². The molecule has 3 aliphatic rings. The Morgan fingerprint density at radius 3 is 2.47 bits per heavy atom. The topological polar surface area (TPSA) is 62.6 Å². The zero-order valence-corrected chi connectivity index (χ0v) is 20.8. The summed E-state index contributed by atoms with van der Waals surface area (Å²) in [5, 5.41) is 4.20. The maximum absolute atomic E-state index is 14.3. The van der Waals surface area contributed by atoms with Gasteiger partial charge in [0.15, 0.2) is 5.78 Å². The highest BCUT2D eigenvalue weighted by Crippen LogP contribution is 2.48. The van der Waals surface area contributed by atoms with E-state index in [0.29, 0.717) is 23.4 Å². The molecule has 5 nitrogen and oxygen atoms in total. The van der Waals surface area contributed by atoms with Crippen molar-refractivity contribution in [3.05, 3.63) is 94.5 Å². The molecule has 0 bridgehead atoms. The maximum Gasteiger partial charge on any atom is 0.231 e. The lowest BCUT2D eigenvalue weighted by molar-refractivity contribution is -0.123. The Kier molecular flexibility index (Phi) is 6.18. The first kappa shape index (κ1) is 23.1. The number of furan rings is 1. The van der Waals surface area contributed by atoms with Gasteiger partial charge in [-0.15, -0.1) is 0 Å². The van der Waals surface area contributed by atoms with Crippen molar-refractivity contribution in [1.82, 2.24) is 0 Å². The lowest BCUT2D eigenvalue weighted by Crippen LogP contribution is -2.42. The molecule has 1 saturated carbocycles. The molecular weight excluding hydrogens is 472 g/mol. The molecule has 2 atom stereocenters. The third-order valence-corrected chi connectivity index (χ3v) is 8.06. The number of carbonyl (C=O) groups is 2. The summed E-state index contributed by atoms with van der Waals surface area (Å²) in [7, 11) is 0. The first-order valence-electron chi connectivity index (χ1n) is 12.8. The summed E-state index contributed by atoms with van der Waals surface area (Å²) in [6.45, 7) is 0. The smallest absolute Gasteiger partial charge is 0.231 e. The van der Waals surface area contributed by atoms with Crippen molar-refractivity contribution >= 4 is 34.7 Å². The van der Waals surface area contributed by atoms with Crippen LogP contribution in [-0.4, -0.2) is 11.7 Å². The molecule has 1 fully saturated rings. The number of Topliss-reactive ketones (excluding diaryl/α,β-unsaturated/α-hetero) is 1. The molecule has 1 aliphatic heterocycles. The highest BCUT2D eigenvalue weighted by Gasteiger charge is 2.43. The zero-order chi connectivity index (χ0) is 24.6. The average molecular weight is 501 g/mol. The molecule has 3 aromatic rings. The van der Waals surface area contributed by atoms with Crippen LogP contribution in [0.25, 0.3) is 0 Å². The molecule has 1 aromatic heterocycles. The molecule has 0 saturated heterocycles. The zero-order valence-electron chi connectivity index (χ0n) is 20.1. The first-order chi connectivity index (χ1) is 17.6. The van der Waals surface area contributed by atoms with Crippen LogP contribution in [0.4, 0.5) is 11.4 Å². The van der Waals surface area contributed by atoms with Gasteiger partial charge in [-0.25, -0.2) is 0 Å². The minimum absolute atomic E-state index is 0.0411. The Bertz CT molecular complexity index is 1310. The van der Waals surface area contributed by atoms with Gasteiger partial charge in [-0.2, -0.15) is 0 Å². The van der Waals surface area contributed by atoms with Gasteiger partial charge < -0.3 is 9.73 Å². The Morgan fingerprint density at radius 1 is 0.944 bits per heavy atom. The van der Waals surface area contributed by atoms with Crippen molar-refractivity contribution in [3.8, 4) is 0 Å².